The molecule has 8 nitrogen and oxygen atoms in total. The second kappa shape index (κ2) is 8.71. The highest BCUT2D eigenvalue weighted by molar-refractivity contribution is 5.86. The van der Waals surface area contributed by atoms with Crippen molar-refractivity contribution < 1.29 is 32.3 Å². The molecule has 2 atom stereocenters. The van der Waals surface area contributed by atoms with E-state index >= 15 is 0 Å². The van der Waals surface area contributed by atoms with Gasteiger partial charge in [0.25, 0.3) is 5.89 Å². The number of hydrogen-bond acceptors (Lipinski definition) is 6. The minimum Gasteiger partial charge on any atom is -0.481 e. The summed E-state index contributed by atoms with van der Waals surface area (Å²) in [6, 6.07) is 13.5. The number of aryl methyl sites for hydroxylation is 1. The van der Waals surface area contributed by atoms with Crippen LogP contribution in [0.2, 0.25) is 0 Å². The second-order valence-electron chi connectivity index (χ2n) is 8.63. The number of carboxylic acid groups (broad SMARTS) is 1. The highest BCUT2D eigenvalue weighted by Crippen LogP contribution is 2.37. The van der Waals surface area contributed by atoms with Gasteiger partial charge in [-0.05, 0) is 55.8 Å². The van der Waals surface area contributed by atoms with Crippen molar-refractivity contribution in [3.63, 3.8) is 0 Å². The van der Waals surface area contributed by atoms with Gasteiger partial charge in [-0.2, -0.15) is 23.4 Å². The average Bonchev–Trinajstić information content (AvgIpc) is 3.54. The first-order valence-corrected chi connectivity index (χ1v) is 11.1. The molecule has 0 saturated carbocycles. The Hall–Kier alpha value is -4.33. The number of rotatable bonds is 6. The molecule has 0 aliphatic carbocycles. The Morgan fingerprint density at radius 3 is 2.78 bits per heavy atom. The van der Waals surface area contributed by atoms with Crippen LogP contribution < -0.4 is 4.74 Å². The number of benzene rings is 2. The van der Waals surface area contributed by atoms with Gasteiger partial charge in [0, 0.05) is 40.2 Å². The summed E-state index contributed by atoms with van der Waals surface area (Å²) >= 11 is 0. The maximum absolute atomic E-state index is 12.8. The number of fused-ring (bicyclic) bond motifs is 3. The first-order chi connectivity index (χ1) is 17.1. The van der Waals surface area contributed by atoms with E-state index in [1.807, 2.05) is 30.3 Å². The normalized spacial score (nSPS) is 16.0. The molecule has 11 heteroatoms. The lowest BCUT2D eigenvalue weighted by Gasteiger charge is -2.18. The molecule has 1 unspecified atom stereocenters. The number of nitriles is 1. The molecule has 0 bridgehead atoms. The molecule has 3 heterocycles. The average molecular weight is 496 g/mol. The lowest BCUT2D eigenvalue weighted by molar-refractivity contribution is -0.189. The molecule has 1 N–H and O–H groups in total. The van der Waals surface area contributed by atoms with Crippen molar-refractivity contribution in [2.75, 3.05) is 0 Å². The SMILES string of the molecule is C[C@H](Oc1ccc(-c2nc(-c3ccc4c(c3)cc3n4CCC3CC(=O)O)no2)cc1C#N)C(F)(F)F. The topological polar surface area (TPSA) is 114 Å². The van der Waals surface area contributed by atoms with Crippen LogP contribution in [-0.4, -0.2) is 38.1 Å². The molecule has 36 heavy (non-hydrogen) atoms. The maximum Gasteiger partial charge on any atom is 0.425 e. The van der Waals surface area contributed by atoms with Crippen molar-refractivity contribution in [1.82, 2.24) is 14.7 Å². The van der Waals surface area contributed by atoms with E-state index < -0.39 is 18.2 Å². The third kappa shape index (κ3) is 4.26. The van der Waals surface area contributed by atoms with Crippen molar-refractivity contribution in [2.24, 2.45) is 0 Å². The van der Waals surface area contributed by atoms with Crippen molar-refractivity contribution in [2.45, 2.75) is 44.5 Å². The smallest absolute Gasteiger partial charge is 0.425 e. The first kappa shape index (κ1) is 23.4. The Morgan fingerprint density at radius 1 is 1.28 bits per heavy atom. The molecule has 184 valence electrons. The predicted molar refractivity (Wildman–Crippen MR) is 121 cm³/mol. The quantitative estimate of drug-likeness (QED) is 0.374. The summed E-state index contributed by atoms with van der Waals surface area (Å²) in [7, 11) is 0. The number of carboxylic acids is 1. The molecule has 1 aliphatic rings. The molecular weight excluding hydrogens is 477 g/mol. The summed E-state index contributed by atoms with van der Waals surface area (Å²) in [4.78, 5) is 15.6. The van der Waals surface area contributed by atoms with Crippen LogP contribution in [0.25, 0.3) is 33.7 Å². The number of halogens is 3. The van der Waals surface area contributed by atoms with Crippen LogP contribution in [0.3, 0.4) is 0 Å². The predicted octanol–water partition coefficient (Wildman–Crippen LogP) is 5.52. The standard InChI is InChI=1S/C25H19F3N4O4/c1-13(25(26,27)28)35-21-5-3-16(9-18(21)12-29)24-30-23(31-36-24)15-2-4-19-17(8-15)10-20-14(11-22(33)34)6-7-32(19)20/h2-5,8-10,13-14H,6-7,11H2,1H3,(H,33,34)/t13-,14?/m0/s1. The van der Waals surface area contributed by atoms with Gasteiger partial charge in [-0.25, -0.2) is 0 Å². The lowest BCUT2D eigenvalue weighted by Crippen LogP contribution is -2.31. The largest absolute Gasteiger partial charge is 0.481 e. The molecular formula is C25H19F3N4O4. The van der Waals surface area contributed by atoms with Crippen LogP contribution in [-0.2, 0) is 11.3 Å². The first-order valence-electron chi connectivity index (χ1n) is 11.1. The molecule has 0 radical (unpaired) electrons. The zero-order valence-corrected chi connectivity index (χ0v) is 18.9. The summed E-state index contributed by atoms with van der Waals surface area (Å²) in [6.45, 7) is 1.62. The Bertz CT molecular complexity index is 1520. The molecule has 1 aliphatic heterocycles. The summed E-state index contributed by atoms with van der Waals surface area (Å²) in [5.41, 5.74) is 2.93. The summed E-state index contributed by atoms with van der Waals surface area (Å²) in [6.07, 6.45) is -5.76. The number of hydrogen-bond donors (Lipinski definition) is 1. The molecule has 0 amide bonds. The van der Waals surface area contributed by atoms with E-state index in [1.165, 1.54) is 18.2 Å². The number of nitrogens with zero attached hydrogens (tertiary/aromatic N) is 4. The summed E-state index contributed by atoms with van der Waals surface area (Å²) < 4.78 is 50.9. The van der Waals surface area contributed by atoms with Gasteiger partial charge in [-0.3, -0.25) is 4.79 Å². The number of alkyl halides is 3. The van der Waals surface area contributed by atoms with Crippen LogP contribution in [0.15, 0.2) is 47.0 Å². The van der Waals surface area contributed by atoms with Crippen LogP contribution in [0.1, 0.15) is 36.9 Å². The molecule has 0 saturated heterocycles. The number of ether oxygens (including phenoxy) is 1. The number of aliphatic carboxylic acids is 1. The Balaban J connectivity index is 1.41. The zero-order valence-electron chi connectivity index (χ0n) is 18.9. The molecule has 4 aromatic rings. The molecule has 2 aromatic heterocycles. The van der Waals surface area contributed by atoms with Crippen LogP contribution in [0.4, 0.5) is 13.2 Å². The third-order valence-corrected chi connectivity index (χ3v) is 6.27. The van der Waals surface area contributed by atoms with Crippen molar-refractivity contribution in [3.8, 4) is 34.7 Å². The van der Waals surface area contributed by atoms with Crippen LogP contribution >= 0.6 is 0 Å². The van der Waals surface area contributed by atoms with Gasteiger partial charge in [0.05, 0.1) is 12.0 Å². The van der Waals surface area contributed by atoms with Crippen molar-refractivity contribution in [1.29, 1.82) is 5.26 Å². The van der Waals surface area contributed by atoms with Crippen LogP contribution in [0.5, 0.6) is 5.75 Å². The van der Waals surface area contributed by atoms with Crippen molar-refractivity contribution in [3.05, 3.63) is 53.7 Å². The summed E-state index contributed by atoms with van der Waals surface area (Å²) in [5, 5.41) is 23.5. The van der Waals surface area contributed by atoms with Gasteiger partial charge in [-0.15, -0.1) is 0 Å². The fraction of sp³-hybridized carbons (Fsp3) is 0.280. The van der Waals surface area contributed by atoms with Gasteiger partial charge < -0.3 is 18.9 Å². The maximum atomic E-state index is 12.8. The number of aromatic nitrogens is 3. The van der Waals surface area contributed by atoms with Gasteiger partial charge in [-0.1, -0.05) is 5.16 Å². The van der Waals surface area contributed by atoms with E-state index in [-0.39, 0.29) is 29.5 Å². The highest BCUT2D eigenvalue weighted by atomic mass is 19.4. The van der Waals surface area contributed by atoms with E-state index in [4.69, 9.17) is 9.26 Å². The van der Waals surface area contributed by atoms with E-state index in [1.54, 1.807) is 0 Å². The Kier molecular flexibility index (Phi) is 5.67. The lowest BCUT2D eigenvalue weighted by atomic mass is 10.0. The molecule has 0 fully saturated rings. The van der Waals surface area contributed by atoms with Crippen molar-refractivity contribution >= 4 is 16.9 Å². The second-order valence-corrected chi connectivity index (χ2v) is 8.63. The minimum absolute atomic E-state index is 0.0319. The summed E-state index contributed by atoms with van der Waals surface area (Å²) in [5.74, 6) is -0.662. The van der Waals surface area contributed by atoms with Gasteiger partial charge in [0.15, 0.2) is 6.10 Å². The van der Waals surface area contributed by atoms with E-state index in [9.17, 15) is 28.3 Å². The molecule has 2 aromatic carbocycles. The van der Waals surface area contributed by atoms with Gasteiger partial charge >= 0.3 is 12.1 Å². The number of carbonyl (C=O) groups is 1. The minimum atomic E-state index is -4.56. The van der Waals surface area contributed by atoms with E-state index in [0.717, 1.165) is 36.5 Å². The van der Waals surface area contributed by atoms with Crippen LogP contribution in [0, 0.1) is 11.3 Å². The van der Waals surface area contributed by atoms with E-state index in [2.05, 4.69) is 14.7 Å². The monoisotopic (exact) mass is 496 g/mol. The molecule has 0 spiro atoms. The zero-order chi connectivity index (χ0) is 25.6. The third-order valence-electron chi connectivity index (χ3n) is 6.27. The molecule has 5 rings (SSSR count). The Morgan fingerprint density at radius 2 is 2.06 bits per heavy atom. The fourth-order valence-corrected chi connectivity index (χ4v) is 4.44. The Labute approximate surface area is 202 Å². The highest BCUT2D eigenvalue weighted by Gasteiger charge is 2.38. The fourth-order valence-electron chi connectivity index (χ4n) is 4.44. The van der Waals surface area contributed by atoms with Gasteiger partial charge in [0.1, 0.15) is 11.8 Å². The van der Waals surface area contributed by atoms with E-state index in [0.29, 0.717) is 17.0 Å². The van der Waals surface area contributed by atoms with Gasteiger partial charge in [0.2, 0.25) is 5.82 Å².